The molecule has 0 aliphatic rings. The molecule has 1 aromatic heterocycles. The van der Waals surface area contributed by atoms with E-state index in [1.54, 1.807) is 12.1 Å². The normalized spacial score (nSPS) is 10.4. The molecule has 0 radical (unpaired) electrons. The Morgan fingerprint density at radius 1 is 1.00 bits per heavy atom. The minimum absolute atomic E-state index is 0.104. The average Bonchev–Trinajstić information content (AvgIpc) is 3.05. The first-order valence-corrected chi connectivity index (χ1v) is 7.04. The van der Waals surface area contributed by atoms with E-state index >= 15 is 0 Å². The van der Waals surface area contributed by atoms with Crippen LogP contribution in [-0.4, -0.2) is 22.6 Å². The Bertz CT molecular complexity index is 739. The molecule has 0 bridgehead atoms. The first-order chi connectivity index (χ1) is 10.8. The molecule has 0 atom stereocenters. The first-order valence-electron chi connectivity index (χ1n) is 7.04. The van der Waals surface area contributed by atoms with Gasteiger partial charge in [-0.1, -0.05) is 41.6 Å². The predicted molar refractivity (Wildman–Crippen MR) is 82.2 cm³/mol. The van der Waals surface area contributed by atoms with E-state index in [9.17, 15) is 4.79 Å². The Kier molecular flexibility index (Phi) is 4.25. The second kappa shape index (κ2) is 6.67. The van der Waals surface area contributed by atoms with Crippen LogP contribution in [0.5, 0.6) is 0 Å². The van der Waals surface area contributed by atoms with Crippen molar-refractivity contribution in [1.29, 1.82) is 0 Å². The standard InChI is InChI=1S/C17H15N3O2/c21-16(13-7-3-1-4-8-13)18-12-11-15-19-17(22-20-15)14-9-5-2-6-10-14/h1-10H,11-12H2,(H,18,21). The van der Waals surface area contributed by atoms with Gasteiger partial charge in [-0.2, -0.15) is 4.98 Å². The minimum Gasteiger partial charge on any atom is -0.352 e. The molecule has 1 N–H and O–H groups in total. The molecular weight excluding hydrogens is 278 g/mol. The van der Waals surface area contributed by atoms with E-state index in [4.69, 9.17) is 4.52 Å². The molecule has 5 heteroatoms. The number of hydrogen-bond acceptors (Lipinski definition) is 4. The Morgan fingerprint density at radius 2 is 1.68 bits per heavy atom. The summed E-state index contributed by atoms with van der Waals surface area (Å²) in [6.07, 6.45) is 0.523. The lowest BCUT2D eigenvalue weighted by Crippen LogP contribution is -2.25. The third kappa shape index (κ3) is 3.38. The molecular formula is C17H15N3O2. The lowest BCUT2D eigenvalue weighted by atomic mass is 10.2. The van der Waals surface area contributed by atoms with Gasteiger partial charge in [-0.15, -0.1) is 0 Å². The van der Waals surface area contributed by atoms with Crippen molar-refractivity contribution in [2.45, 2.75) is 6.42 Å². The van der Waals surface area contributed by atoms with Gasteiger partial charge in [0.2, 0.25) is 0 Å². The lowest BCUT2D eigenvalue weighted by Gasteiger charge is -2.02. The molecule has 0 aliphatic carbocycles. The fraction of sp³-hybridized carbons (Fsp3) is 0.118. The van der Waals surface area contributed by atoms with Crippen LogP contribution in [0.25, 0.3) is 11.5 Å². The Hall–Kier alpha value is -2.95. The minimum atomic E-state index is -0.104. The highest BCUT2D eigenvalue weighted by Crippen LogP contribution is 2.15. The molecule has 110 valence electrons. The highest BCUT2D eigenvalue weighted by atomic mass is 16.5. The topological polar surface area (TPSA) is 68.0 Å². The fourth-order valence-electron chi connectivity index (χ4n) is 2.03. The maximum Gasteiger partial charge on any atom is 0.257 e. The number of nitrogens with zero attached hydrogens (tertiary/aromatic N) is 2. The number of rotatable bonds is 5. The molecule has 1 heterocycles. The van der Waals surface area contributed by atoms with Crippen molar-refractivity contribution < 1.29 is 9.32 Å². The molecule has 0 saturated heterocycles. The van der Waals surface area contributed by atoms with Gasteiger partial charge in [0.05, 0.1) is 0 Å². The van der Waals surface area contributed by atoms with Gasteiger partial charge >= 0.3 is 0 Å². The van der Waals surface area contributed by atoms with Crippen LogP contribution in [0.4, 0.5) is 0 Å². The van der Waals surface area contributed by atoms with Crippen molar-refractivity contribution in [3.63, 3.8) is 0 Å². The molecule has 1 amide bonds. The van der Waals surface area contributed by atoms with E-state index in [1.165, 1.54) is 0 Å². The van der Waals surface area contributed by atoms with Crippen molar-refractivity contribution >= 4 is 5.91 Å². The third-order valence-corrected chi connectivity index (χ3v) is 3.16. The molecule has 3 aromatic rings. The van der Waals surface area contributed by atoms with Crippen molar-refractivity contribution in [1.82, 2.24) is 15.5 Å². The second-order valence-corrected chi connectivity index (χ2v) is 4.75. The van der Waals surface area contributed by atoms with Crippen LogP contribution in [0.15, 0.2) is 65.2 Å². The SMILES string of the molecule is O=C(NCCc1noc(-c2ccccc2)n1)c1ccccc1. The Labute approximate surface area is 128 Å². The summed E-state index contributed by atoms with van der Waals surface area (Å²) in [4.78, 5) is 16.2. The van der Waals surface area contributed by atoms with Gasteiger partial charge in [-0.05, 0) is 24.3 Å². The van der Waals surface area contributed by atoms with Crippen LogP contribution < -0.4 is 5.32 Å². The van der Waals surface area contributed by atoms with Crippen molar-refractivity contribution in [3.05, 3.63) is 72.1 Å². The first kappa shape index (κ1) is 14.0. The monoisotopic (exact) mass is 293 g/mol. The smallest absolute Gasteiger partial charge is 0.257 e. The van der Waals surface area contributed by atoms with Crippen LogP contribution in [0, 0.1) is 0 Å². The zero-order valence-electron chi connectivity index (χ0n) is 11.9. The van der Waals surface area contributed by atoms with E-state index < -0.39 is 0 Å². The van der Waals surface area contributed by atoms with Gasteiger partial charge in [0.25, 0.3) is 11.8 Å². The van der Waals surface area contributed by atoms with E-state index in [0.717, 1.165) is 5.56 Å². The third-order valence-electron chi connectivity index (χ3n) is 3.16. The van der Waals surface area contributed by atoms with E-state index in [0.29, 0.717) is 30.2 Å². The van der Waals surface area contributed by atoms with Crippen molar-refractivity contribution in [2.24, 2.45) is 0 Å². The molecule has 0 unspecified atom stereocenters. The van der Waals surface area contributed by atoms with E-state index in [1.807, 2.05) is 48.5 Å². The summed E-state index contributed by atoms with van der Waals surface area (Å²) in [6.45, 7) is 0.460. The summed E-state index contributed by atoms with van der Waals surface area (Å²) in [6, 6.07) is 18.7. The Morgan fingerprint density at radius 3 is 2.41 bits per heavy atom. The largest absolute Gasteiger partial charge is 0.352 e. The number of aromatic nitrogens is 2. The average molecular weight is 293 g/mol. The second-order valence-electron chi connectivity index (χ2n) is 4.75. The van der Waals surface area contributed by atoms with Gasteiger partial charge in [0.1, 0.15) is 0 Å². The van der Waals surface area contributed by atoms with Crippen LogP contribution in [0.3, 0.4) is 0 Å². The molecule has 3 rings (SSSR count). The van der Waals surface area contributed by atoms with Crippen molar-refractivity contribution in [2.75, 3.05) is 6.54 Å². The van der Waals surface area contributed by atoms with Gasteiger partial charge in [-0.25, -0.2) is 0 Å². The van der Waals surface area contributed by atoms with Crippen LogP contribution in [-0.2, 0) is 6.42 Å². The predicted octanol–water partition coefficient (Wildman–Crippen LogP) is 2.71. The van der Waals surface area contributed by atoms with Gasteiger partial charge in [-0.3, -0.25) is 4.79 Å². The maximum absolute atomic E-state index is 11.9. The zero-order chi connectivity index (χ0) is 15.2. The number of amides is 1. The molecule has 22 heavy (non-hydrogen) atoms. The number of carbonyl (C=O) groups is 1. The maximum atomic E-state index is 11.9. The molecule has 0 fully saturated rings. The number of carbonyl (C=O) groups excluding carboxylic acids is 1. The fourth-order valence-corrected chi connectivity index (χ4v) is 2.03. The quantitative estimate of drug-likeness (QED) is 0.785. The summed E-state index contributed by atoms with van der Waals surface area (Å²) in [5.74, 6) is 0.963. The Balaban J connectivity index is 1.55. The van der Waals surface area contributed by atoms with Crippen LogP contribution in [0.1, 0.15) is 16.2 Å². The summed E-state index contributed by atoms with van der Waals surface area (Å²) in [5, 5.41) is 6.76. The molecule has 2 aromatic carbocycles. The lowest BCUT2D eigenvalue weighted by molar-refractivity contribution is 0.0954. The van der Waals surface area contributed by atoms with Crippen molar-refractivity contribution in [3.8, 4) is 11.5 Å². The number of nitrogens with one attached hydrogen (secondary N) is 1. The summed E-state index contributed by atoms with van der Waals surface area (Å²) in [7, 11) is 0. The summed E-state index contributed by atoms with van der Waals surface area (Å²) in [5.41, 5.74) is 1.52. The van der Waals surface area contributed by atoms with Gasteiger partial charge in [0.15, 0.2) is 5.82 Å². The highest BCUT2D eigenvalue weighted by molar-refractivity contribution is 5.94. The number of benzene rings is 2. The highest BCUT2D eigenvalue weighted by Gasteiger charge is 2.09. The van der Waals surface area contributed by atoms with Gasteiger partial charge < -0.3 is 9.84 Å². The van der Waals surface area contributed by atoms with Gasteiger partial charge in [0, 0.05) is 24.1 Å². The zero-order valence-corrected chi connectivity index (χ0v) is 11.9. The van der Waals surface area contributed by atoms with E-state index in [2.05, 4.69) is 15.5 Å². The summed E-state index contributed by atoms with van der Waals surface area (Å²) < 4.78 is 5.22. The molecule has 0 aliphatic heterocycles. The molecule has 0 saturated carbocycles. The van der Waals surface area contributed by atoms with Crippen LogP contribution in [0.2, 0.25) is 0 Å². The van der Waals surface area contributed by atoms with E-state index in [-0.39, 0.29) is 5.91 Å². The number of hydrogen-bond donors (Lipinski definition) is 1. The molecule has 5 nitrogen and oxygen atoms in total. The van der Waals surface area contributed by atoms with Crippen LogP contribution >= 0.6 is 0 Å². The summed E-state index contributed by atoms with van der Waals surface area (Å²) >= 11 is 0. The molecule has 0 spiro atoms.